The Labute approximate surface area is 180 Å². The third-order valence-corrected chi connectivity index (χ3v) is 4.85. The minimum absolute atomic E-state index is 0.0236. The molecule has 1 heterocycles. The molecular weight excluding hydrogens is 378 g/mol. The van der Waals surface area contributed by atoms with Crippen LogP contribution in [0.25, 0.3) is 0 Å². The standard InChI is InChI=1S/C24H35N3O3/c1-5-13-26(24(29)19-30-18-21-10-7-6-8-11-21)17-23(28)27(15-20(2)3)16-22-12-9-14-25(22)4/h6-12,14,20H,5,13,15-19H2,1-4H3. The van der Waals surface area contributed by atoms with Crippen molar-refractivity contribution in [1.29, 1.82) is 0 Å². The Balaban J connectivity index is 1.96. The first-order valence-corrected chi connectivity index (χ1v) is 10.7. The quantitative estimate of drug-likeness (QED) is 0.535. The van der Waals surface area contributed by atoms with Gasteiger partial charge in [-0.05, 0) is 30.0 Å². The van der Waals surface area contributed by atoms with Crippen LogP contribution in [-0.2, 0) is 34.5 Å². The largest absolute Gasteiger partial charge is 0.367 e. The van der Waals surface area contributed by atoms with Crippen molar-refractivity contribution < 1.29 is 14.3 Å². The smallest absolute Gasteiger partial charge is 0.249 e. The molecule has 1 aromatic heterocycles. The van der Waals surface area contributed by atoms with Crippen molar-refractivity contribution in [1.82, 2.24) is 14.4 Å². The Hall–Kier alpha value is -2.60. The second-order valence-electron chi connectivity index (χ2n) is 8.07. The van der Waals surface area contributed by atoms with Crippen molar-refractivity contribution in [3.63, 3.8) is 0 Å². The SMILES string of the molecule is CCCN(CC(=O)N(Cc1cccn1C)CC(C)C)C(=O)COCc1ccccc1. The molecule has 0 N–H and O–H groups in total. The third-order valence-electron chi connectivity index (χ3n) is 4.85. The maximum Gasteiger partial charge on any atom is 0.249 e. The van der Waals surface area contributed by atoms with E-state index in [1.807, 2.05) is 72.1 Å². The average molecular weight is 414 g/mol. The number of amides is 2. The van der Waals surface area contributed by atoms with Crippen LogP contribution in [0.2, 0.25) is 0 Å². The van der Waals surface area contributed by atoms with Crippen molar-refractivity contribution in [2.24, 2.45) is 13.0 Å². The molecule has 30 heavy (non-hydrogen) atoms. The van der Waals surface area contributed by atoms with Crippen LogP contribution in [0.1, 0.15) is 38.4 Å². The van der Waals surface area contributed by atoms with Gasteiger partial charge < -0.3 is 19.1 Å². The molecule has 0 aliphatic heterocycles. The van der Waals surface area contributed by atoms with Crippen molar-refractivity contribution in [3.8, 4) is 0 Å². The highest BCUT2D eigenvalue weighted by molar-refractivity contribution is 5.85. The summed E-state index contributed by atoms with van der Waals surface area (Å²) in [4.78, 5) is 29.2. The summed E-state index contributed by atoms with van der Waals surface area (Å²) in [6, 6.07) is 13.8. The molecule has 0 aliphatic rings. The number of hydrogen-bond acceptors (Lipinski definition) is 3. The van der Waals surface area contributed by atoms with E-state index in [9.17, 15) is 9.59 Å². The van der Waals surface area contributed by atoms with Crippen LogP contribution in [0.4, 0.5) is 0 Å². The summed E-state index contributed by atoms with van der Waals surface area (Å²) in [5, 5.41) is 0. The number of carbonyl (C=O) groups is 2. The molecule has 2 amide bonds. The zero-order chi connectivity index (χ0) is 21.9. The number of benzene rings is 1. The fraction of sp³-hybridized carbons (Fsp3) is 0.500. The Kier molecular flexibility index (Phi) is 9.61. The van der Waals surface area contributed by atoms with Gasteiger partial charge in [0, 0.05) is 32.0 Å². The lowest BCUT2D eigenvalue weighted by Gasteiger charge is -2.29. The van der Waals surface area contributed by atoms with E-state index in [1.54, 1.807) is 4.90 Å². The van der Waals surface area contributed by atoms with Gasteiger partial charge >= 0.3 is 0 Å². The monoisotopic (exact) mass is 413 g/mol. The molecule has 0 saturated heterocycles. The highest BCUT2D eigenvalue weighted by atomic mass is 16.5. The second-order valence-corrected chi connectivity index (χ2v) is 8.07. The molecule has 6 nitrogen and oxygen atoms in total. The third kappa shape index (κ3) is 7.67. The lowest BCUT2D eigenvalue weighted by atomic mass is 10.2. The maximum absolute atomic E-state index is 13.1. The van der Waals surface area contributed by atoms with Gasteiger partial charge in [-0.2, -0.15) is 0 Å². The molecule has 0 radical (unpaired) electrons. The van der Waals surface area contributed by atoms with Crippen molar-refractivity contribution in [3.05, 3.63) is 59.9 Å². The van der Waals surface area contributed by atoms with E-state index >= 15 is 0 Å². The summed E-state index contributed by atoms with van der Waals surface area (Å²) in [5.74, 6) is 0.165. The van der Waals surface area contributed by atoms with Gasteiger partial charge in [-0.1, -0.05) is 51.1 Å². The van der Waals surface area contributed by atoms with Crippen molar-refractivity contribution in [2.75, 3.05) is 26.2 Å². The maximum atomic E-state index is 13.1. The zero-order valence-electron chi connectivity index (χ0n) is 18.7. The summed E-state index contributed by atoms with van der Waals surface area (Å²) < 4.78 is 7.62. The van der Waals surface area contributed by atoms with Gasteiger partial charge in [-0.25, -0.2) is 0 Å². The number of nitrogens with zero attached hydrogens (tertiary/aromatic N) is 3. The number of aryl methyl sites for hydroxylation is 1. The Bertz CT molecular complexity index is 786. The van der Waals surface area contributed by atoms with E-state index in [4.69, 9.17) is 4.74 Å². The minimum Gasteiger partial charge on any atom is -0.367 e. The van der Waals surface area contributed by atoms with E-state index in [1.165, 1.54) is 0 Å². The van der Waals surface area contributed by atoms with Crippen LogP contribution in [0.5, 0.6) is 0 Å². The molecule has 0 bridgehead atoms. The lowest BCUT2D eigenvalue weighted by Crippen LogP contribution is -2.45. The number of aromatic nitrogens is 1. The van der Waals surface area contributed by atoms with Crippen LogP contribution >= 0.6 is 0 Å². The van der Waals surface area contributed by atoms with Crippen LogP contribution in [0, 0.1) is 5.92 Å². The van der Waals surface area contributed by atoms with Gasteiger partial charge in [0.05, 0.1) is 19.7 Å². The van der Waals surface area contributed by atoms with E-state index in [0.717, 1.165) is 17.7 Å². The van der Waals surface area contributed by atoms with Gasteiger partial charge in [0.2, 0.25) is 11.8 Å². The van der Waals surface area contributed by atoms with Crippen molar-refractivity contribution in [2.45, 2.75) is 40.3 Å². The van der Waals surface area contributed by atoms with Crippen LogP contribution in [-0.4, -0.2) is 52.4 Å². The molecule has 0 unspecified atom stereocenters. The topological polar surface area (TPSA) is 54.8 Å². The number of rotatable bonds is 12. The predicted octanol–water partition coefficient (Wildman–Crippen LogP) is 3.47. The van der Waals surface area contributed by atoms with Gasteiger partial charge in [0.25, 0.3) is 0 Å². The molecular formula is C24H35N3O3. The average Bonchev–Trinajstić information content (AvgIpc) is 3.12. The van der Waals surface area contributed by atoms with Crippen LogP contribution < -0.4 is 0 Å². The molecule has 164 valence electrons. The van der Waals surface area contributed by atoms with Crippen molar-refractivity contribution >= 4 is 11.8 Å². The molecule has 2 rings (SSSR count). The van der Waals surface area contributed by atoms with E-state index in [-0.39, 0.29) is 25.0 Å². The molecule has 2 aromatic rings. The molecule has 0 spiro atoms. The van der Waals surface area contributed by atoms with Gasteiger partial charge in [0.1, 0.15) is 6.61 Å². The fourth-order valence-electron chi connectivity index (χ4n) is 3.30. The molecule has 0 atom stereocenters. The Morgan fingerprint density at radius 3 is 2.37 bits per heavy atom. The fourth-order valence-corrected chi connectivity index (χ4v) is 3.30. The summed E-state index contributed by atoms with van der Waals surface area (Å²) in [6.45, 7) is 8.37. The van der Waals surface area contributed by atoms with Crippen LogP contribution in [0.15, 0.2) is 48.7 Å². The molecule has 0 aliphatic carbocycles. The Morgan fingerprint density at radius 2 is 1.77 bits per heavy atom. The van der Waals surface area contributed by atoms with E-state index < -0.39 is 0 Å². The first kappa shape index (κ1) is 23.7. The number of hydrogen-bond donors (Lipinski definition) is 0. The lowest BCUT2D eigenvalue weighted by molar-refractivity contribution is -0.144. The van der Waals surface area contributed by atoms with Crippen LogP contribution in [0.3, 0.4) is 0 Å². The van der Waals surface area contributed by atoms with E-state index in [0.29, 0.717) is 32.2 Å². The molecule has 0 saturated carbocycles. The van der Waals surface area contributed by atoms with E-state index in [2.05, 4.69) is 13.8 Å². The zero-order valence-corrected chi connectivity index (χ0v) is 18.7. The summed E-state index contributed by atoms with van der Waals surface area (Å²) >= 11 is 0. The van der Waals surface area contributed by atoms with Gasteiger partial charge in [0.15, 0.2) is 0 Å². The first-order valence-electron chi connectivity index (χ1n) is 10.7. The molecule has 1 aromatic carbocycles. The summed E-state index contributed by atoms with van der Waals surface area (Å²) in [5.41, 5.74) is 2.10. The highest BCUT2D eigenvalue weighted by Crippen LogP contribution is 2.10. The molecule has 0 fully saturated rings. The normalized spacial score (nSPS) is 11.0. The molecule has 6 heteroatoms. The van der Waals surface area contributed by atoms with Gasteiger partial charge in [-0.3, -0.25) is 9.59 Å². The predicted molar refractivity (Wildman–Crippen MR) is 119 cm³/mol. The number of carbonyl (C=O) groups excluding carboxylic acids is 2. The highest BCUT2D eigenvalue weighted by Gasteiger charge is 2.22. The number of ether oxygens (including phenoxy) is 1. The Morgan fingerprint density at radius 1 is 1.03 bits per heavy atom. The second kappa shape index (κ2) is 12.2. The first-order chi connectivity index (χ1) is 14.4. The summed E-state index contributed by atoms with van der Waals surface area (Å²) in [7, 11) is 1.98. The summed E-state index contributed by atoms with van der Waals surface area (Å²) in [6.07, 6.45) is 2.77. The van der Waals surface area contributed by atoms with Gasteiger partial charge in [-0.15, -0.1) is 0 Å². The minimum atomic E-state index is -0.149.